The van der Waals surface area contributed by atoms with Gasteiger partial charge in [0.05, 0.1) is 5.56 Å². The summed E-state index contributed by atoms with van der Waals surface area (Å²) >= 11 is 5.97. The first-order chi connectivity index (χ1) is 8.90. The summed E-state index contributed by atoms with van der Waals surface area (Å²) in [6.45, 7) is 6.54. The third-order valence-electron chi connectivity index (χ3n) is 4.00. The third kappa shape index (κ3) is 2.94. The van der Waals surface area contributed by atoms with Crippen LogP contribution in [0.3, 0.4) is 0 Å². The second-order valence-electron chi connectivity index (χ2n) is 6.01. The Balaban J connectivity index is 2.38. The van der Waals surface area contributed by atoms with Gasteiger partial charge in [-0.05, 0) is 30.6 Å². The zero-order valence-corrected chi connectivity index (χ0v) is 12.5. The molecule has 2 atom stereocenters. The zero-order valence-electron chi connectivity index (χ0n) is 11.7. The van der Waals surface area contributed by atoms with E-state index in [1.54, 1.807) is 0 Å². The van der Waals surface area contributed by atoms with Gasteiger partial charge in [-0.25, -0.2) is 4.79 Å². The molecule has 1 heterocycles. The summed E-state index contributed by atoms with van der Waals surface area (Å²) in [6.07, 6.45) is 3.36. The van der Waals surface area contributed by atoms with Gasteiger partial charge in [0.25, 0.3) is 5.56 Å². The quantitative estimate of drug-likeness (QED) is 0.868. The van der Waals surface area contributed by atoms with Crippen molar-refractivity contribution in [3.63, 3.8) is 0 Å². The maximum Gasteiger partial charge on any atom is 0.329 e. The van der Waals surface area contributed by atoms with Gasteiger partial charge in [0, 0.05) is 6.54 Å². The van der Waals surface area contributed by atoms with Crippen LogP contribution in [0.1, 0.15) is 51.5 Å². The molecule has 1 aromatic rings. The first-order valence-corrected chi connectivity index (χ1v) is 7.30. The Kier molecular flexibility index (Phi) is 4.19. The van der Waals surface area contributed by atoms with Gasteiger partial charge in [0.2, 0.25) is 0 Å². The lowest BCUT2D eigenvalue weighted by molar-refractivity contribution is 0.420. The van der Waals surface area contributed by atoms with Crippen molar-refractivity contribution in [3.8, 4) is 0 Å². The predicted molar refractivity (Wildman–Crippen MR) is 76.9 cm³/mol. The molecule has 106 valence electrons. The van der Waals surface area contributed by atoms with Gasteiger partial charge >= 0.3 is 5.69 Å². The van der Waals surface area contributed by atoms with E-state index in [9.17, 15) is 9.59 Å². The van der Waals surface area contributed by atoms with Crippen LogP contribution in [0.4, 0.5) is 0 Å². The van der Waals surface area contributed by atoms with Crippen molar-refractivity contribution in [2.75, 3.05) is 0 Å². The van der Waals surface area contributed by atoms with Gasteiger partial charge in [-0.3, -0.25) is 14.3 Å². The van der Waals surface area contributed by atoms with Gasteiger partial charge in [0.1, 0.15) is 5.15 Å². The molecule has 2 rings (SSSR count). The smallest absolute Gasteiger partial charge is 0.297 e. The minimum Gasteiger partial charge on any atom is -0.297 e. The van der Waals surface area contributed by atoms with Crippen molar-refractivity contribution in [1.29, 1.82) is 0 Å². The lowest BCUT2D eigenvalue weighted by Gasteiger charge is -2.14. The second kappa shape index (κ2) is 5.53. The molecular formula is C14H21ClN2O2. The minimum absolute atomic E-state index is 0.00519. The van der Waals surface area contributed by atoms with Crippen LogP contribution in [0.25, 0.3) is 0 Å². The Morgan fingerprint density at radius 2 is 2.05 bits per heavy atom. The molecule has 0 bridgehead atoms. The monoisotopic (exact) mass is 284 g/mol. The lowest BCUT2D eigenvalue weighted by Crippen LogP contribution is -2.39. The summed E-state index contributed by atoms with van der Waals surface area (Å²) in [4.78, 5) is 26.9. The number of nitrogens with one attached hydrogen (secondary N) is 1. The fraction of sp³-hybridized carbons (Fsp3) is 0.714. The molecule has 0 aliphatic heterocycles. The average molecular weight is 285 g/mol. The fourth-order valence-electron chi connectivity index (χ4n) is 2.98. The van der Waals surface area contributed by atoms with E-state index in [2.05, 4.69) is 11.9 Å². The summed E-state index contributed by atoms with van der Waals surface area (Å²) in [5.74, 6) is 1.12. The van der Waals surface area contributed by atoms with E-state index in [1.807, 2.05) is 13.8 Å². The van der Waals surface area contributed by atoms with Crippen LogP contribution in [0.2, 0.25) is 5.15 Å². The van der Waals surface area contributed by atoms with Crippen molar-refractivity contribution in [3.05, 3.63) is 31.6 Å². The zero-order chi connectivity index (χ0) is 14.2. The van der Waals surface area contributed by atoms with E-state index in [0.717, 1.165) is 12.8 Å². The first-order valence-electron chi connectivity index (χ1n) is 6.92. The molecule has 1 aromatic heterocycles. The highest BCUT2D eigenvalue weighted by Gasteiger charge is 2.24. The standard InChI is InChI=1S/C14H21ClN2O2/c1-8(2)11-12(15)16-14(19)17(13(11)18)7-10-5-4-9(3)6-10/h8-10H,4-7H2,1-3H3,(H,16,19). The summed E-state index contributed by atoms with van der Waals surface area (Å²) in [5, 5.41) is 0.182. The Hall–Kier alpha value is -1.03. The van der Waals surface area contributed by atoms with E-state index in [1.165, 1.54) is 11.0 Å². The van der Waals surface area contributed by atoms with Crippen LogP contribution in [0.5, 0.6) is 0 Å². The number of aromatic nitrogens is 2. The molecule has 1 aliphatic carbocycles. The lowest BCUT2D eigenvalue weighted by atomic mass is 10.1. The Morgan fingerprint density at radius 3 is 2.58 bits per heavy atom. The van der Waals surface area contributed by atoms with Gasteiger partial charge in [-0.2, -0.15) is 0 Å². The highest BCUT2D eigenvalue weighted by molar-refractivity contribution is 6.30. The summed E-state index contributed by atoms with van der Waals surface area (Å²) in [7, 11) is 0. The molecule has 2 unspecified atom stereocenters. The van der Waals surface area contributed by atoms with E-state index in [-0.39, 0.29) is 22.3 Å². The van der Waals surface area contributed by atoms with Gasteiger partial charge in [-0.1, -0.05) is 38.8 Å². The molecule has 5 heteroatoms. The summed E-state index contributed by atoms with van der Waals surface area (Å²) < 4.78 is 1.32. The molecule has 1 saturated carbocycles. The number of aromatic amines is 1. The molecule has 0 saturated heterocycles. The van der Waals surface area contributed by atoms with Crippen molar-refractivity contribution in [1.82, 2.24) is 9.55 Å². The van der Waals surface area contributed by atoms with E-state index in [4.69, 9.17) is 11.6 Å². The number of rotatable bonds is 3. The Bertz CT molecular complexity index is 574. The highest BCUT2D eigenvalue weighted by Crippen LogP contribution is 2.31. The van der Waals surface area contributed by atoms with Crippen LogP contribution in [-0.2, 0) is 6.54 Å². The van der Waals surface area contributed by atoms with Crippen molar-refractivity contribution in [2.24, 2.45) is 11.8 Å². The topological polar surface area (TPSA) is 54.9 Å². The molecule has 1 fully saturated rings. The van der Waals surface area contributed by atoms with Crippen molar-refractivity contribution < 1.29 is 0 Å². The van der Waals surface area contributed by atoms with E-state index >= 15 is 0 Å². The Morgan fingerprint density at radius 1 is 1.37 bits per heavy atom. The SMILES string of the molecule is CC1CCC(Cn2c(=O)[nH]c(Cl)c(C(C)C)c2=O)C1. The van der Waals surface area contributed by atoms with Crippen LogP contribution >= 0.6 is 11.6 Å². The highest BCUT2D eigenvalue weighted by atomic mass is 35.5. The maximum atomic E-state index is 12.4. The molecular weight excluding hydrogens is 264 g/mol. The van der Waals surface area contributed by atoms with Gasteiger partial charge in [-0.15, -0.1) is 0 Å². The molecule has 1 aliphatic rings. The number of hydrogen-bond donors (Lipinski definition) is 1. The maximum absolute atomic E-state index is 12.4. The molecule has 1 N–H and O–H groups in total. The number of H-pyrrole nitrogens is 1. The fourth-order valence-corrected chi connectivity index (χ4v) is 3.36. The van der Waals surface area contributed by atoms with E-state index in [0.29, 0.717) is 23.9 Å². The summed E-state index contributed by atoms with van der Waals surface area (Å²) in [5.41, 5.74) is -0.116. The van der Waals surface area contributed by atoms with Crippen molar-refractivity contribution in [2.45, 2.75) is 52.5 Å². The second-order valence-corrected chi connectivity index (χ2v) is 6.39. The van der Waals surface area contributed by atoms with Crippen LogP contribution in [0.15, 0.2) is 9.59 Å². The predicted octanol–water partition coefficient (Wildman–Crippen LogP) is 2.75. The largest absolute Gasteiger partial charge is 0.329 e. The van der Waals surface area contributed by atoms with Crippen molar-refractivity contribution >= 4 is 11.6 Å². The first kappa shape index (κ1) is 14.4. The molecule has 0 amide bonds. The number of nitrogens with zero attached hydrogens (tertiary/aromatic N) is 1. The number of hydrogen-bond acceptors (Lipinski definition) is 2. The average Bonchev–Trinajstić information content (AvgIpc) is 2.69. The van der Waals surface area contributed by atoms with Crippen LogP contribution < -0.4 is 11.2 Å². The van der Waals surface area contributed by atoms with Gasteiger partial charge in [0.15, 0.2) is 0 Å². The molecule has 19 heavy (non-hydrogen) atoms. The molecule has 0 aromatic carbocycles. The molecule has 0 radical (unpaired) electrons. The Labute approximate surface area is 117 Å². The minimum atomic E-state index is -0.390. The summed E-state index contributed by atoms with van der Waals surface area (Å²) in [6, 6.07) is 0. The van der Waals surface area contributed by atoms with Crippen LogP contribution in [0, 0.1) is 11.8 Å². The molecule has 4 nitrogen and oxygen atoms in total. The van der Waals surface area contributed by atoms with Crippen LogP contribution in [-0.4, -0.2) is 9.55 Å². The molecule has 0 spiro atoms. The number of halogens is 1. The van der Waals surface area contributed by atoms with E-state index < -0.39 is 0 Å². The third-order valence-corrected chi connectivity index (χ3v) is 4.29. The van der Waals surface area contributed by atoms with Gasteiger partial charge < -0.3 is 0 Å². The normalized spacial score (nSPS) is 23.2.